The molecule has 0 spiro atoms. The molecule has 0 fully saturated rings. The van der Waals surface area contributed by atoms with Crippen molar-refractivity contribution in [3.05, 3.63) is 12.2 Å². The Morgan fingerprint density at radius 2 is 0.761 bits per heavy atom. The molecule has 0 rings (SSSR count). The number of carbonyl (C=O) groups is 3. The van der Waals surface area contributed by atoms with E-state index in [1.54, 1.807) is 0 Å². The first kappa shape index (κ1) is 65.0. The summed E-state index contributed by atoms with van der Waals surface area (Å²) in [7, 11) is 5.97. The van der Waals surface area contributed by atoms with Crippen LogP contribution in [-0.4, -0.2) is 87.4 Å². The third-order valence-corrected chi connectivity index (χ3v) is 13.0. The van der Waals surface area contributed by atoms with E-state index < -0.39 is 24.3 Å². The van der Waals surface area contributed by atoms with Crippen molar-refractivity contribution in [2.45, 2.75) is 296 Å². The number of carboxylic acid groups (broad SMARTS) is 1. The molecule has 0 bridgehead atoms. The van der Waals surface area contributed by atoms with Crippen LogP contribution in [0.1, 0.15) is 284 Å². The lowest BCUT2D eigenvalue weighted by molar-refractivity contribution is -0.870. The Morgan fingerprint density at radius 1 is 0.433 bits per heavy atom. The van der Waals surface area contributed by atoms with Gasteiger partial charge in [0.2, 0.25) is 0 Å². The van der Waals surface area contributed by atoms with Crippen LogP contribution in [0.25, 0.3) is 0 Å². The van der Waals surface area contributed by atoms with Gasteiger partial charge in [-0.1, -0.05) is 244 Å². The molecular formula is C58H112NO8+. The van der Waals surface area contributed by atoms with Crippen molar-refractivity contribution in [3.8, 4) is 0 Å². The molecule has 0 aromatic heterocycles. The summed E-state index contributed by atoms with van der Waals surface area (Å²) in [6.45, 7) is 4.92. The van der Waals surface area contributed by atoms with Crippen LogP contribution in [0.2, 0.25) is 0 Å². The molecule has 0 saturated carbocycles. The van der Waals surface area contributed by atoms with E-state index in [0.29, 0.717) is 17.4 Å². The van der Waals surface area contributed by atoms with Crippen LogP contribution in [0.3, 0.4) is 0 Å². The summed E-state index contributed by atoms with van der Waals surface area (Å²) >= 11 is 0. The summed E-state index contributed by atoms with van der Waals surface area (Å²) in [5.74, 6) is -1.99. The van der Waals surface area contributed by atoms with Gasteiger partial charge in [0.25, 0.3) is 6.29 Å². The van der Waals surface area contributed by atoms with Gasteiger partial charge < -0.3 is 28.5 Å². The fourth-order valence-corrected chi connectivity index (χ4v) is 8.54. The first-order valence-electron chi connectivity index (χ1n) is 28.9. The Kier molecular flexibility index (Phi) is 48.9. The van der Waals surface area contributed by atoms with Gasteiger partial charge in [0.1, 0.15) is 13.2 Å². The monoisotopic (exact) mass is 951 g/mol. The normalized spacial score (nSPS) is 12.8. The van der Waals surface area contributed by atoms with Crippen LogP contribution in [0.4, 0.5) is 0 Å². The van der Waals surface area contributed by atoms with Crippen molar-refractivity contribution in [2.24, 2.45) is 0 Å². The third-order valence-electron chi connectivity index (χ3n) is 13.0. The number of likely N-dealkylation sites (N-methyl/N-ethyl adjacent to an activating group) is 1. The lowest BCUT2D eigenvalue weighted by Crippen LogP contribution is -2.40. The summed E-state index contributed by atoms with van der Waals surface area (Å²) in [4.78, 5) is 37.4. The van der Waals surface area contributed by atoms with E-state index in [4.69, 9.17) is 18.9 Å². The molecular weight excluding hydrogens is 839 g/mol. The van der Waals surface area contributed by atoms with E-state index in [1.807, 2.05) is 21.1 Å². The summed E-state index contributed by atoms with van der Waals surface area (Å²) in [6, 6.07) is 0. The van der Waals surface area contributed by atoms with Crippen LogP contribution >= 0.6 is 0 Å². The number of esters is 2. The molecule has 0 aliphatic heterocycles. The number of nitrogens with zero attached hydrogens (tertiary/aromatic N) is 1. The fourth-order valence-electron chi connectivity index (χ4n) is 8.54. The molecule has 0 aromatic rings. The molecule has 0 amide bonds. The van der Waals surface area contributed by atoms with Gasteiger partial charge in [-0.05, 0) is 38.5 Å². The molecule has 67 heavy (non-hydrogen) atoms. The summed E-state index contributed by atoms with van der Waals surface area (Å²) in [6.07, 6.45) is 54.3. The first-order valence-corrected chi connectivity index (χ1v) is 28.9. The standard InChI is InChI=1S/C58H111NO8/c1-6-8-10-12-14-16-18-20-22-24-25-26-27-28-29-30-31-33-34-36-38-40-42-44-46-48-55(60)65-52-54(53-66-58(57(62)63)64-51-50-59(3,4)5)67-56(61)49-47-45-43-41-39-37-35-32-23-21-19-17-15-13-11-9-7-2/h21,23,54,58H,6-20,22,24-53H2,1-5H3/p+1/b23-21-. The molecule has 0 aliphatic carbocycles. The molecule has 2 unspecified atom stereocenters. The SMILES string of the molecule is CCCCCCCC/C=C\CCCCCCCCCC(=O)OC(COC(=O)CCCCCCCCCCCCCCCCCCCCCCCCCCC)COC(OCC[N+](C)(C)C)C(=O)O. The van der Waals surface area contributed by atoms with Crippen LogP contribution < -0.4 is 0 Å². The molecule has 0 saturated heterocycles. The molecule has 0 aliphatic rings. The Hall–Kier alpha value is -1.97. The van der Waals surface area contributed by atoms with Gasteiger partial charge in [0, 0.05) is 12.8 Å². The molecule has 0 aromatic carbocycles. The highest BCUT2D eigenvalue weighted by atomic mass is 16.7. The van der Waals surface area contributed by atoms with Gasteiger partial charge in [0.05, 0.1) is 34.4 Å². The highest BCUT2D eigenvalue weighted by molar-refractivity contribution is 5.71. The summed E-state index contributed by atoms with van der Waals surface area (Å²) in [5.41, 5.74) is 0. The topological polar surface area (TPSA) is 108 Å². The van der Waals surface area contributed by atoms with Crippen molar-refractivity contribution in [2.75, 3.05) is 47.5 Å². The maximum absolute atomic E-state index is 12.8. The Morgan fingerprint density at radius 3 is 1.10 bits per heavy atom. The summed E-state index contributed by atoms with van der Waals surface area (Å²) in [5, 5.41) is 9.69. The zero-order valence-corrected chi connectivity index (χ0v) is 45.1. The molecule has 1 N–H and O–H groups in total. The number of unbranched alkanes of at least 4 members (excludes halogenated alkanes) is 37. The number of aliphatic carboxylic acids is 1. The van der Waals surface area contributed by atoms with Gasteiger partial charge in [-0.25, -0.2) is 4.79 Å². The van der Waals surface area contributed by atoms with E-state index >= 15 is 0 Å². The lowest BCUT2D eigenvalue weighted by atomic mass is 10.0. The van der Waals surface area contributed by atoms with E-state index in [-0.39, 0.29) is 32.2 Å². The van der Waals surface area contributed by atoms with Crippen LogP contribution in [-0.2, 0) is 33.3 Å². The van der Waals surface area contributed by atoms with Gasteiger partial charge in [0.15, 0.2) is 6.10 Å². The van der Waals surface area contributed by atoms with Crippen molar-refractivity contribution < 1.29 is 42.9 Å². The van der Waals surface area contributed by atoms with Crippen molar-refractivity contribution in [1.29, 1.82) is 0 Å². The van der Waals surface area contributed by atoms with Crippen LogP contribution in [0.15, 0.2) is 12.2 Å². The lowest BCUT2D eigenvalue weighted by Gasteiger charge is -2.25. The zero-order valence-electron chi connectivity index (χ0n) is 45.1. The maximum atomic E-state index is 12.8. The Labute approximate surface area is 415 Å². The molecule has 2 atom stereocenters. The minimum absolute atomic E-state index is 0.177. The predicted octanol–water partition coefficient (Wildman–Crippen LogP) is 16.6. The van der Waals surface area contributed by atoms with Crippen molar-refractivity contribution >= 4 is 17.9 Å². The molecule has 9 nitrogen and oxygen atoms in total. The third kappa shape index (κ3) is 51.7. The number of hydrogen-bond acceptors (Lipinski definition) is 7. The minimum atomic E-state index is -1.51. The average Bonchev–Trinajstić information content (AvgIpc) is 3.29. The second kappa shape index (κ2) is 50.4. The van der Waals surface area contributed by atoms with Crippen LogP contribution in [0, 0.1) is 0 Å². The highest BCUT2D eigenvalue weighted by Crippen LogP contribution is 2.17. The smallest absolute Gasteiger partial charge is 0.361 e. The Bertz CT molecular complexity index is 1110. The van der Waals surface area contributed by atoms with Crippen molar-refractivity contribution in [3.63, 3.8) is 0 Å². The minimum Gasteiger partial charge on any atom is -0.477 e. The molecule has 0 radical (unpaired) electrons. The number of ether oxygens (including phenoxy) is 4. The second-order valence-electron chi connectivity index (χ2n) is 21.0. The number of hydrogen-bond donors (Lipinski definition) is 1. The van der Waals surface area contributed by atoms with E-state index in [1.165, 1.54) is 205 Å². The van der Waals surface area contributed by atoms with Crippen molar-refractivity contribution in [1.82, 2.24) is 0 Å². The number of carbonyl (C=O) groups excluding carboxylic acids is 2. The van der Waals surface area contributed by atoms with E-state index in [2.05, 4.69) is 26.0 Å². The van der Waals surface area contributed by atoms with E-state index in [0.717, 1.165) is 51.4 Å². The predicted molar refractivity (Wildman–Crippen MR) is 281 cm³/mol. The highest BCUT2D eigenvalue weighted by Gasteiger charge is 2.25. The fraction of sp³-hybridized carbons (Fsp3) is 0.914. The Balaban J connectivity index is 4.17. The van der Waals surface area contributed by atoms with Gasteiger partial charge >= 0.3 is 17.9 Å². The van der Waals surface area contributed by atoms with Gasteiger partial charge in [-0.3, -0.25) is 9.59 Å². The number of rotatable bonds is 54. The van der Waals surface area contributed by atoms with Gasteiger partial charge in [-0.15, -0.1) is 0 Å². The summed E-state index contributed by atoms with van der Waals surface area (Å²) < 4.78 is 22.9. The molecule has 396 valence electrons. The van der Waals surface area contributed by atoms with Gasteiger partial charge in [-0.2, -0.15) is 0 Å². The zero-order chi connectivity index (χ0) is 49.2. The number of allylic oxidation sites excluding steroid dienone is 2. The molecule has 0 heterocycles. The number of quaternary nitrogens is 1. The maximum Gasteiger partial charge on any atom is 0.361 e. The quantitative estimate of drug-likeness (QED) is 0.0211. The van der Waals surface area contributed by atoms with Crippen LogP contribution in [0.5, 0.6) is 0 Å². The number of carboxylic acids is 1. The molecule has 9 heteroatoms. The first-order chi connectivity index (χ1) is 32.6. The second-order valence-corrected chi connectivity index (χ2v) is 21.0. The van der Waals surface area contributed by atoms with E-state index in [9.17, 15) is 19.5 Å². The average molecular weight is 952 g/mol. The largest absolute Gasteiger partial charge is 0.477 e.